The first-order valence-electron chi connectivity index (χ1n) is 10.4. The molecule has 0 fully saturated rings. The highest BCUT2D eigenvalue weighted by atomic mass is 35.5. The maximum Gasteiger partial charge on any atom is 0.418 e. The summed E-state index contributed by atoms with van der Waals surface area (Å²) in [6.07, 6.45) is 0.485. The molecule has 0 radical (unpaired) electrons. The predicted octanol–water partition coefficient (Wildman–Crippen LogP) is 5.90. The second kappa shape index (κ2) is 8.37. The van der Waals surface area contributed by atoms with E-state index < -0.39 is 6.09 Å². The van der Waals surface area contributed by atoms with E-state index in [0.29, 0.717) is 23.0 Å². The van der Waals surface area contributed by atoms with Crippen molar-refractivity contribution in [2.75, 3.05) is 16.8 Å². The highest BCUT2D eigenvalue weighted by Crippen LogP contribution is 2.32. The Labute approximate surface area is 197 Å². The van der Waals surface area contributed by atoms with Crippen molar-refractivity contribution in [2.45, 2.75) is 26.2 Å². The summed E-state index contributed by atoms with van der Waals surface area (Å²) in [5.41, 5.74) is 3.93. The summed E-state index contributed by atoms with van der Waals surface area (Å²) in [5.74, 6) is 0.947. The second-order valence-electron chi connectivity index (χ2n) is 8.80. The summed E-state index contributed by atoms with van der Waals surface area (Å²) in [4.78, 5) is 28.1. The lowest BCUT2D eigenvalue weighted by Crippen LogP contribution is -2.26. The summed E-state index contributed by atoms with van der Waals surface area (Å²) in [6.45, 7) is 6.35. The number of anilines is 4. The van der Waals surface area contributed by atoms with E-state index in [1.165, 1.54) is 4.90 Å². The quantitative estimate of drug-likeness (QED) is 0.378. The molecule has 2 aromatic carbocycles. The van der Waals surface area contributed by atoms with Gasteiger partial charge in [0.15, 0.2) is 0 Å². The molecule has 0 aliphatic rings. The minimum Gasteiger partial charge on any atom is -0.464 e. The molecular weight excluding hydrogens is 440 g/mol. The van der Waals surface area contributed by atoms with Gasteiger partial charge in [-0.1, -0.05) is 32.9 Å². The van der Waals surface area contributed by atoms with Gasteiger partial charge in [0, 0.05) is 26.0 Å². The molecule has 2 heterocycles. The number of fused-ring (bicyclic) bond motifs is 1. The van der Waals surface area contributed by atoms with Crippen molar-refractivity contribution >= 4 is 51.9 Å². The van der Waals surface area contributed by atoms with Gasteiger partial charge in [-0.3, -0.25) is 0 Å². The SMILES string of the molecule is CN(c1ccc2c(c1)nc(N(C(=O)O)c1ccc(C(C)(C)C)cc1)n2C)c1ccnc(Cl)n1. The molecule has 0 aliphatic heterocycles. The molecule has 170 valence electrons. The molecule has 8 nitrogen and oxygen atoms in total. The van der Waals surface area contributed by atoms with E-state index in [2.05, 4.69) is 35.7 Å². The van der Waals surface area contributed by atoms with Gasteiger partial charge in [-0.25, -0.2) is 24.6 Å². The molecule has 33 heavy (non-hydrogen) atoms. The largest absolute Gasteiger partial charge is 0.464 e. The Morgan fingerprint density at radius 2 is 1.70 bits per heavy atom. The van der Waals surface area contributed by atoms with Crippen LogP contribution < -0.4 is 9.80 Å². The fourth-order valence-corrected chi connectivity index (χ4v) is 3.79. The summed E-state index contributed by atoms with van der Waals surface area (Å²) in [7, 11) is 3.67. The first-order valence-corrected chi connectivity index (χ1v) is 10.8. The number of carboxylic acid groups (broad SMARTS) is 1. The van der Waals surface area contributed by atoms with Crippen LogP contribution in [-0.4, -0.2) is 37.8 Å². The Morgan fingerprint density at radius 1 is 1.03 bits per heavy atom. The minimum atomic E-state index is -1.11. The average Bonchev–Trinajstić information content (AvgIpc) is 3.08. The molecule has 1 N–H and O–H groups in total. The lowest BCUT2D eigenvalue weighted by molar-refractivity contribution is 0.204. The van der Waals surface area contributed by atoms with E-state index in [1.54, 1.807) is 23.9 Å². The van der Waals surface area contributed by atoms with Crippen LogP contribution in [0.15, 0.2) is 54.7 Å². The molecule has 0 unspecified atom stereocenters. The van der Waals surface area contributed by atoms with Crippen molar-refractivity contribution in [1.82, 2.24) is 19.5 Å². The van der Waals surface area contributed by atoms with Gasteiger partial charge in [0.05, 0.1) is 16.7 Å². The number of aryl methyl sites for hydroxylation is 1. The topological polar surface area (TPSA) is 87.4 Å². The number of imidazole rings is 1. The Kier molecular flexibility index (Phi) is 5.71. The van der Waals surface area contributed by atoms with Gasteiger partial charge in [-0.2, -0.15) is 0 Å². The monoisotopic (exact) mass is 464 g/mol. The van der Waals surface area contributed by atoms with Gasteiger partial charge in [-0.15, -0.1) is 0 Å². The molecule has 1 amide bonds. The first-order chi connectivity index (χ1) is 15.6. The fourth-order valence-electron chi connectivity index (χ4n) is 3.65. The normalized spacial score (nSPS) is 11.6. The summed E-state index contributed by atoms with van der Waals surface area (Å²) >= 11 is 5.93. The number of hydrogen-bond donors (Lipinski definition) is 1. The van der Waals surface area contributed by atoms with Crippen LogP contribution in [0.5, 0.6) is 0 Å². The lowest BCUT2D eigenvalue weighted by atomic mass is 9.87. The number of hydrogen-bond acceptors (Lipinski definition) is 5. The van der Waals surface area contributed by atoms with Gasteiger partial charge in [-0.05, 0) is 59.0 Å². The zero-order valence-corrected chi connectivity index (χ0v) is 19.9. The van der Waals surface area contributed by atoms with Crippen molar-refractivity contribution in [1.29, 1.82) is 0 Å². The molecule has 0 saturated carbocycles. The molecule has 4 rings (SSSR count). The van der Waals surface area contributed by atoms with Crippen LogP contribution in [0.4, 0.5) is 27.9 Å². The minimum absolute atomic E-state index is 0.0270. The van der Waals surface area contributed by atoms with Crippen LogP contribution in [-0.2, 0) is 12.5 Å². The second-order valence-corrected chi connectivity index (χ2v) is 9.14. The number of halogens is 1. The van der Waals surface area contributed by atoms with E-state index in [-0.39, 0.29) is 10.7 Å². The van der Waals surface area contributed by atoms with Crippen molar-refractivity contribution in [3.8, 4) is 0 Å². The maximum atomic E-state index is 12.2. The van der Waals surface area contributed by atoms with E-state index in [4.69, 9.17) is 11.6 Å². The molecule has 0 spiro atoms. The number of benzene rings is 2. The van der Waals surface area contributed by atoms with E-state index >= 15 is 0 Å². The maximum absolute atomic E-state index is 12.2. The highest BCUT2D eigenvalue weighted by molar-refractivity contribution is 6.28. The Hall–Kier alpha value is -3.65. The molecule has 0 atom stereocenters. The molecule has 0 aliphatic carbocycles. The molecule has 0 saturated heterocycles. The van der Waals surface area contributed by atoms with Crippen LogP contribution in [0, 0.1) is 0 Å². The number of nitrogens with zero attached hydrogens (tertiary/aromatic N) is 6. The summed E-state index contributed by atoms with van der Waals surface area (Å²) in [6, 6.07) is 15.0. The number of carbonyl (C=O) groups is 1. The van der Waals surface area contributed by atoms with Gasteiger partial charge >= 0.3 is 6.09 Å². The van der Waals surface area contributed by atoms with Crippen molar-refractivity contribution < 1.29 is 9.90 Å². The van der Waals surface area contributed by atoms with E-state index in [0.717, 1.165) is 16.8 Å². The smallest absolute Gasteiger partial charge is 0.418 e. The third-order valence-electron chi connectivity index (χ3n) is 5.57. The Bertz CT molecular complexity index is 1330. The number of rotatable bonds is 4. The van der Waals surface area contributed by atoms with Crippen LogP contribution >= 0.6 is 11.6 Å². The molecule has 2 aromatic heterocycles. The zero-order chi connectivity index (χ0) is 23.9. The van der Waals surface area contributed by atoms with E-state index in [1.807, 2.05) is 54.4 Å². The third kappa shape index (κ3) is 4.34. The van der Waals surface area contributed by atoms with Crippen molar-refractivity contribution in [3.63, 3.8) is 0 Å². The molecular formula is C24H25ClN6O2. The van der Waals surface area contributed by atoms with Gasteiger partial charge < -0.3 is 14.6 Å². The summed E-state index contributed by atoms with van der Waals surface area (Å²) < 4.78 is 1.77. The molecule has 9 heteroatoms. The first kappa shape index (κ1) is 22.5. The Balaban J connectivity index is 1.75. The van der Waals surface area contributed by atoms with Crippen LogP contribution in [0.3, 0.4) is 0 Å². The fraction of sp³-hybridized carbons (Fsp3) is 0.250. The van der Waals surface area contributed by atoms with E-state index in [9.17, 15) is 9.90 Å². The third-order valence-corrected chi connectivity index (χ3v) is 5.75. The Morgan fingerprint density at radius 3 is 2.30 bits per heavy atom. The number of amides is 1. The van der Waals surface area contributed by atoms with Crippen molar-refractivity contribution in [2.24, 2.45) is 7.05 Å². The highest BCUT2D eigenvalue weighted by Gasteiger charge is 2.24. The van der Waals surface area contributed by atoms with Crippen LogP contribution in [0.25, 0.3) is 11.0 Å². The van der Waals surface area contributed by atoms with Crippen LogP contribution in [0.1, 0.15) is 26.3 Å². The standard InChI is InChI=1S/C24H25ClN6O2/c1-24(2,3)15-6-8-16(9-7-15)31(23(32)33)22-27-18-14-17(10-11-19(18)30(22)5)29(4)20-12-13-26-21(25)28-20/h6-14H,1-5H3,(H,32,33). The zero-order valence-electron chi connectivity index (χ0n) is 19.1. The number of aromatic nitrogens is 4. The molecule has 0 bridgehead atoms. The predicted molar refractivity (Wildman–Crippen MR) is 131 cm³/mol. The van der Waals surface area contributed by atoms with Crippen LogP contribution in [0.2, 0.25) is 5.28 Å². The lowest BCUT2D eigenvalue weighted by Gasteiger charge is -2.22. The summed E-state index contributed by atoms with van der Waals surface area (Å²) in [5, 5.41) is 10.2. The van der Waals surface area contributed by atoms with Gasteiger partial charge in [0.2, 0.25) is 11.2 Å². The van der Waals surface area contributed by atoms with Gasteiger partial charge in [0.1, 0.15) is 5.82 Å². The average molecular weight is 465 g/mol. The van der Waals surface area contributed by atoms with Gasteiger partial charge in [0.25, 0.3) is 0 Å². The molecule has 4 aromatic rings. The van der Waals surface area contributed by atoms with Crippen molar-refractivity contribution in [3.05, 3.63) is 65.6 Å².